The molecule has 0 atom stereocenters. The molecule has 1 aromatic heterocycles. The van der Waals surface area contributed by atoms with Crippen molar-refractivity contribution in [3.63, 3.8) is 0 Å². The Balaban J connectivity index is 2.48. The van der Waals surface area contributed by atoms with Crippen LogP contribution in [0.2, 0.25) is 0 Å². The van der Waals surface area contributed by atoms with Crippen LogP contribution in [0.3, 0.4) is 0 Å². The lowest BCUT2D eigenvalue weighted by Gasteiger charge is -2.15. The summed E-state index contributed by atoms with van der Waals surface area (Å²) in [6.07, 6.45) is 3.48. The summed E-state index contributed by atoms with van der Waals surface area (Å²) < 4.78 is 5.86. The fourth-order valence-electron chi connectivity index (χ4n) is 2.30. The van der Waals surface area contributed by atoms with E-state index < -0.39 is 0 Å². The summed E-state index contributed by atoms with van der Waals surface area (Å²) in [5.41, 5.74) is 3.12. The zero-order chi connectivity index (χ0) is 15.1. The topological polar surface area (TPSA) is 47.0 Å². The first-order chi connectivity index (χ1) is 10.3. The van der Waals surface area contributed by atoms with Crippen LogP contribution in [-0.4, -0.2) is 23.1 Å². The number of aromatic nitrogens is 2. The molecule has 4 heteroatoms. The van der Waals surface area contributed by atoms with Gasteiger partial charge in [-0.05, 0) is 31.9 Å². The summed E-state index contributed by atoms with van der Waals surface area (Å²) in [6, 6.07) is 8.07. The van der Waals surface area contributed by atoms with Crippen molar-refractivity contribution in [3.8, 4) is 17.0 Å². The van der Waals surface area contributed by atoms with Crippen molar-refractivity contribution < 1.29 is 4.74 Å². The minimum absolute atomic E-state index is 0.712. The van der Waals surface area contributed by atoms with E-state index in [1.54, 1.807) is 6.33 Å². The van der Waals surface area contributed by atoms with E-state index in [0.717, 1.165) is 47.8 Å². The van der Waals surface area contributed by atoms with Crippen molar-refractivity contribution in [2.45, 2.75) is 33.6 Å². The number of nitrogens with zero attached hydrogens (tertiary/aromatic N) is 2. The highest BCUT2D eigenvalue weighted by Crippen LogP contribution is 2.33. The molecule has 21 heavy (non-hydrogen) atoms. The third kappa shape index (κ3) is 3.51. The zero-order valence-electron chi connectivity index (χ0n) is 13.0. The molecule has 112 valence electrons. The Labute approximate surface area is 126 Å². The maximum absolute atomic E-state index is 5.86. The van der Waals surface area contributed by atoms with Gasteiger partial charge in [-0.25, -0.2) is 9.97 Å². The van der Waals surface area contributed by atoms with Crippen LogP contribution in [-0.2, 0) is 6.42 Å². The average Bonchev–Trinajstić information content (AvgIpc) is 2.53. The maximum Gasteiger partial charge on any atom is 0.133 e. The second-order valence-corrected chi connectivity index (χ2v) is 4.78. The van der Waals surface area contributed by atoms with Gasteiger partial charge in [-0.3, -0.25) is 0 Å². The Morgan fingerprint density at radius 2 is 1.90 bits per heavy atom. The fourth-order valence-corrected chi connectivity index (χ4v) is 2.30. The van der Waals surface area contributed by atoms with Crippen molar-refractivity contribution >= 4 is 5.82 Å². The van der Waals surface area contributed by atoms with Crippen LogP contribution >= 0.6 is 0 Å². The molecule has 0 bridgehead atoms. The molecular weight excluding hydrogens is 262 g/mol. The molecule has 0 spiro atoms. The summed E-state index contributed by atoms with van der Waals surface area (Å²) in [6.45, 7) is 7.85. The first-order valence-electron chi connectivity index (χ1n) is 7.61. The lowest BCUT2D eigenvalue weighted by molar-refractivity contribution is 0.318. The molecule has 2 aromatic rings. The lowest BCUT2D eigenvalue weighted by atomic mass is 10.0. The van der Waals surface area contributed by atoms with E-state index in [-0.39, 0.29) is 0 Å². The standard InChI is InChI=1S/C17H23N3O/c1-4-11-21-15-10-8-7-9-14(15)16-13(5-2)17(18-6-3)20-12-19-16/h7-10,12H,4-6,11H2,1-3H3,(H,18,19,20). The molecule has 0 aliphatic heterocycles. The zero-order valence-corrected chi connectivity index (χ0v) is 13.0. The summed E-state index contributed by atoms with van der Waals surface area (Å²) in [7, 11) is 0. The number of anilines is 1. The molecular formula is C17H23N3O. The van der Waals surface area contributed by atoms with Gasteiger partial charge in [-0.15, -0.1) is 0 Å². The highest BCUT2D eigenvalue weighted by molar-refractivity contribution is 5.73. The Morgan fingerprint density at radius 1 is 1.10 bits per heavy atom. The molecule has 0 aliphatic rings. The Morgan fingerprint density at radius 3 is 2.62 bits per heavy atom. The molecule has 0 aliphatic carbocycles. The third-order valence-corrected chi connectivity index (χ3v) is 3.25. The van der Waals surface area contributed by atoms with E-state index in [0.29, 0.717) is 6.61 Å². The largest absolute Gasteiger partial charge is 0.493 e. The molecule has 0 unspecified atom stereocenters. The first-order valence-corrected chi connectivity index (χ1v) is 7.61. The third-order valence-electron chi connectivity index (χ3n) is 3.25. The van der Waals surface area contributed by atoms with Gasteiger partial charge in [0.05, 0.1) is 12.3 Å². The number of benzene rings is 1. The summed E-state index contributed by atoms with van der Waals surface area (Å²) in [5, 5.41) is 3.31. The molecule has 0 radical (unpaired) electrons. The monoisotopic (exact) mass is 285 g/mol. The van der Waals surface area contributed by atoms with Gasteiger partial charge in [0.25, 0.3) is 0 Å². The Hall–Kier alpha value is -2.10. The van der Waals surface area contributed by atoms with Crippen LogP contribution < -0.4 is 10.1 Å². The van der Waals surface area contributed by atoms with Crippen molar-refractivity contribution in [3.05, 3.63) is 36.2 Å². The number of nitrogens with one attached hydrogen (secondary N) is 1. The highest BCUT2D eigenvalue weighted by Gasteiger charge is 2.14. The second kappa shape index (κ2) is 7.62. The minimum Gasteiger partial charge on any atom is -0.493 e. The Kier molecular flexibility index (Phi) is 5.55. The fraction of sp³-hybridized carbons (Fsp3) is 0.412. The van der Waals surface area contributed by atoms with Gasteiger partial charge in [-0.2, -0.15) is 0 Å². The van der Waals surface area contributed by atoms with E-state index in [4.69, 9.17) is 4.74 Å². The van der Waals surface area contributed by atoms with Crippen LogP contribution in [0.15, 0.2) is 30.6 Å². The smallest absolute Gasteiger partial charge is 0.133 e. The number of para-hydroxylation sites is 1. The Bertz CT molecular complexity index is 584. The van der Waals surface area contributed by atoms with Gasteiger partial charge < -0.3 is 10.1 Å². The van der Waals surface area contributed by atoms with E-state index in [2.05, 4.69) is 42.1 Å². The van der Waals surface area contributed by atoms with Crippen molar-refractivity contribution in [2.24, 2.45) is 0 Å². The SMILES string of the molecule is CCCOc1ccccc1-c1ncnc(NCC)c1CC. The molecule has 0 saturated heterocycles. The predicted octanol–water partition coefficient (Wildman–Crippen LogP) is 3.93. The van der Waals surface area contributed by atoms with Crippen LogP contribution in [0.5, 0.6) is 5.75 Å². The van der Waals surface area contributed by atoms with Gasteiger partial charge in [0, 0.05) is 17.7 Å². The number of ether oxygens (including phenoxy) is 1. The highest BCUT2D eigenvalue weighted by atomic mass is 16.5. The molecule has 0 amide bonds. The van der Waals surface area contributed by atoms with Crippen LogP contribution in [0.1, 0.15) is 32.8 Å². The average molecular weight is 285 g/mol. The van der Waals surface area contributed by atoms with Crippen molar-refractivity contribution in [1.82, 2.24) is 9.97 Å². The predicted molar refractivity (Wildman–Crippen MR) is 86.8 cm³/mol. The molecule has 0 fully saturated rings. The van der Waals surface area contributed by atoms with Gasteiger partial charge >= 0.3 is 0 Å². The van der Waals surface area contributed by atoms with E-state index in [1.165, 1.54) is 0 Å². The van der Waals surface area contributed by atoms with Crippen LogP contribution in [0, 0.1) is 0 Å². The lowest BCUT2D eigenvalue weighted by Crippen LogP contribution is -2.06. The van der Waals surface area contributed by atoms with E-state index in [1.807, 2.05) is 18.2 Å². The number of hydrogen-bond acceptors (Lipinski definition) is 4. The van der Waals surface area contributed by atoms with Gasteiger partial charge in [-0.1, -0.05) is 26.0 Å². The second-order valence-electron chi connectivity index (χ2n) is 4.78. The van der Waals surface area contributed by atoms with E-state index in [9.17, 15) is 0 Å². The van der Waals surface area contributed by atoms with Crippen LogP contribution in [0.25, 0.3) is 11.3 Å². The first kappa shape index (κ1) is 15.3. The molecule has 1 heterocycles. The molecule has 1 N–H and O–H groups in total. The maximum atomic E-state index is 5.86. The van der Waals surface area contributed by atoms with Gasteiger partial charge in [0.1, 0.15) is 17.9 Å². The molecule has 0 saturated carbocycles. The summed E-state index contributed by atoms with van der Waals surface area (Å²) in [4.78, 5) is 8.85. The quantitative estimate of drug-likeness (QED) is 0.837. The minimum atomic E-state index is 0.712. The van der Waals surface area contributed by atoms with Gasteiger partial charge in [0.2, 0.25) is 0 Å². The normalized spacial score (nSPS) is 10.4. The summed E-state index contributed by atoms with van der Waals surface area (Å²) in [5.74, 6) is 1.80. The van der Waals surface area contributed by atoms with E-state index >= 15 is 0 Å². The summed E-state index contributed by atoms with van der Waals surface area (Å²) >= 11 is 0. The molecule has 2 rings (SSSR count). The number of rotatable bonds is 7. The van der Waals surface area contributed by atoms with Crippen molar-refractivity contribution in [1.29, 1.82) is 0 Å². The van der Waals surface area contributed by atoms with Crippen LogP contribution in [0.4, 0.5) is 5.82 Å². The van der Waals surface area contributed by atoms with Gasteiger partial charge in [0.15, 0.2) is 0 Å². The molecule has 4 nitrogen and oxygen atoms in total. The van der Waals surface area contributed by atoms with Crippen molar-refractivity contribution in [2.75, 3.05) is 18.5 Å². The molecule has 1 aromatic carbocycles. The number of hydrogen-bond donors (Lipinski definition) is 1.